The van der Waals surface area contributed by atoms with Gasteiger partial charge in [0.2, 0.25) is 0 Å². The van der Waals surface area contributed by atoms with Crippen LogP contribution in [0.2, 0.25) is 0 Å². The van der Waals surface area contributed by atoms with Crippen LogP contribution >= 0.6 is 0 Å². The highest BCUT2D eigenvalue weighted by molar-refractivity contribution is 5.75. The van der Waals surface area contributed by atoms with Gasteiger partial charge in [-0.1, -0.05) is 24.3 Å². The van der Waals surface area contributed by atoms with Crippen LogP contribution in [0.3, 0.4) is 0 Å². The zero-order valence-electron chi connectivity index (χ0n) is 24.5. The number of hydrogen-bond acceptors (Lipinski definition) is 5. The van der Waals surface area contributed by atoms with Crippen LogP contribution in [0.15, 0.2) is 48.5 Å². The van der Waals surface area contributed by atoms with E-state index in [4.69, 9.17) is 14.2 Å². The number of fused-ring (bicyclic) bond motifs is 1. The highest BCUT2D eigenvalue weighted by atomic mass is 16.6. The lowest BCUT2D eigenvalue weighted by Crippen LogP contribution is -2.24. The van der Waals surface area contributed by atoms with Crippen molar-refractivity contribution in [3.8, 4) is 22.6 Å². The summed E-state index contributed by atoms with van der Waals surface area (Å²) in [6, 6.07) is 17.1. The lowest BCUT2D eigenvalue weighted by atomic mass is 9.87. The van der Waals surface area contributed by atoms with E-state index in [9.17, 15) is 9.90 Å². The Balaban J connectivity index is 1.26. The number of rotatable bonds is 12. The van der Waals surface area contributed by atoms with Crippen LogP contribution in [0, 0.1) is 26.2 Å². The van der Waals surface area contributed by atoms with Gasteiger partial charge in [-0.05, 0) is 134 Å². The molecule has 1 N–H and O–H groups in total. The molecule has 212 valence electrons. The second-order valence-corrected chi connectivity index (χ2v) is 12.2. The topological polar surface area (TPSA) is 65.0 Å². The first-order valence-electron chi connectivity index (χ1n) is 14.5. The van der Waals surface area contributed by atoms with Gasteiger partial charge >= 0.3 is 0 Å². The third kappa shape index (κ3) is 6.11. The first kappa shape index (κ1) is 28.4. The summed E-state index contributed by atoms with van der Waals surface area (Å²) in [7, 11) is 0. The van der Waals surface area contributed by atoms with Gasteiger partial charge in [-0.3, -0.25) is 0 Å². The summed E-state index contributed by atoms with van der Waals surface area (Å²) in [4.78, 5) is 11.3. The van der Waals surface area contributed by atoms with Gasteiger partial charge < -0.3 is 24.1 Å². The zero-order chi connectivity index (χ0) is 28.5. The van der Waals surface area contributed by atoms with E-state index < -0.39 is 5.79 Å². The number of hydrogen-bond donors (Lipinski definition) is 1. The van der Waals surface area contributed by atoms with E-state index in [1.165, 1.54) is 57.3 Å². The molecule has 3 aromatic rings. The lowest BCUT2D eigenvalue weighted by molar-refractivity contribution is -0.176. The average Bonchev–Trinajstić information content (AvgIpc) is 3.60. The van der Waals surface area contributed by atoms with E-state index in [1.807, 2.05) is 0 Å². The average molecular weight is 543 g/mol. The van der Waals surface area contributed by atoms with Crippen LogP contribution in [-0.2, 0) is 22.6 Å². The molecule has 2 aliphatic carbocycles. The molecular weight excluding hydrogens is 500 g/mol. The molecule has 3 aromatic carbocycles. The second-order valence-electron chi connectivity index (χ2n) is 12.2. The third-order valence-corrected chi connectivity index (χ3v) is 8.62. The predicted molar refractivity (Wildman–Crippen MR) is 158 cm³/mol. The predicted octanol–water partition coefficient (Wildman–Crippen LogP) is 7.38. The Hall–Kier alpha value is -3.15. The smallest absolute Gasteiger partial charge is 0.159 e. The summed E-state index contributed by atoms with van der Waals surface area (Å²) >= 11 is 0. The van der Waals surface area contributed by atoms with Gasteiger partial charge in [0.25, 0.3) is 0 Å². The number of carbonyl (C=O) groups excluding carboxylic acids is 1. The second kappa shape index (κ2) is 11.4. The Kier molecular flexibility index (Phi) is 8.08. The number of carbonyl (C=O) groups is 1. The van der Waals surface area contributed by atoms with E-state index in [2.05, 4.69) is 69.3 Å². The first-order valence-corrected chi connectivity index (χ1v) is 14.5. The molecular formula is C35H42O5. The van der Waals surface area contributed by atoms with E-state index >= 15 is 0 Å². The molecule has 2 aliphatic rings. The Morgan fingerprint density at radius 1 is 0.975 bits per heavy atom. The van der Waals surface area contributed by atoms with Gasteiger partial charge in [-0.2, -0.15) is 0 Å². The monoisotopic (exact) mass is 542 g/mol. The standard InChI is InChI=1S/C35H42O5/c1-23-18-29(38-16-7-17-40-34(4,5)37)19-24(2)33(23)30-9-6-8-26(25(30)3)22-39-28-10-11-31-27(20-28)21-35(13-14-35)32(31)12-15-36/h6,8-11,15,18-20,32,37H,7,12-14,16-17,21-22H2,1-5H3. The Labute approximate surface area is 238 Å². The lowest BCUT2D eigenvalue weighted by Gasteiger charge is -2.19. The molecule has 1 spiro atoms. The van der Waals surface area contributed by atoms with E-state index in [1.54, 1.807) is 13.8 Å². The van der Waals surface area contributed by atoms with Crippen LogP contribution < -0.4 is 9.47 Å². The van der Waals surface area contributed by atoms with Crippen molar-refractivity contribution in [3.63, 3.8) is 0 Å². The largest absolute Gasteiger partial charge is 0.493 e. The molecule has 5 rings (SSSR count). The molecule has 5 heteroatoms. The molecule has 1 unspecified atom stereocenters. The van der Waals surface area contributed by atoms with Crippen LogP contribution in [0.25, 0.3) is 11.1 Å². The molecule has 1 fully saturated rings. The van der Waals surface area contributed by atoms with Crippen molar-refractivity contribution in [2.75, 3.05) is 13.2 Å². The number of aliphatic hydroxyl groups is 1. The van der Waals surface area contributed by atoms with Crippen molar-refractivity contribution in [1.82, 2.24) is 0 Å². The van der Waals surface area contributed by atoms with Crippen LogP contribution in [0.5, 0.6) is 11.5 Å². The first-order chi connectivity index (χ1) is 19.1. The van der Waals surface area contributed by atoms with E-state index in [0.717, 1.165) is 24.2 Å². The van der Waals surface area contributed by atoms with Crippen molar-refractivity contribution < 1.29 is 24.1 Å². The van der Waals surface area contributed by atoms with Crippen molar-refractivity contribution in [3.05, 3.63) is 81.9 Å². The summed E-state index contributed by atoms with van der Waals surface area (Å²) in [6.45, 7) is 11.2. The molecule has 0 aromatic heterocycles. The minimum absolute atomic E-state index is 0.328. The van der Waals surface area contributed by atoms with Crippen molar-refractivity contribution in [2.45, 2.75) is 85.0 Å². The third-order valence-electron chi connectivity index (χ3n) is 8.62. The molecule has 0 bridgehead atoms. The molecule has 0 heterocycles. The molecule has 0 saturated heterocycles. The minimum atomic E-state index is -1.12. The van der Waals surface area contributed by atoms with E-state index in [0.29, 0.717) is 44.0 Å². The summed E-state index contributed by atoms with van der Waals surface area (Å²) in [5, 5.41) is 9.68. The van der Waals surface area contributed by atoms with Crippen molar-refractivity contribution in [1.29, 1.82) is 0 Å². The highest BCUT2D eigenvalue weighted by Gasteiger charge is 2.53. The SMILES string of the molecule is Cc1cc(OCCCOC(C)(C)O)cc(C)c1-c1cccc(COc2ccc3c(c2)CC2(CC2)C3CC=O)c1C. The summed E-state index contributed by atoms with van der Waals surface area (Å²) in [5.41, 5.74) is 10.2. The summed E-state index contributed by atoms with van der Waals surface area (Å²) in [6.07, 6.45) is 5.94. The molecule has 1 atom stereocenters. The number of ether oxygens (including phenoxy) is 3. The van der Waals surface area contributed by atoms with Gasteiger partial charge in [0.05, 0.1) is 13.2 Å². The molecule has 0 radical (unpaired) electrons. The fourth-order valence-corrected chi connectivity index (χ4v) is 6.43. The van der Waals surface area contributed by atoms with Crippen LogP contribution in [0.1, 0.15) is 78.8 Å². The number of aldehydes is 1. The maximum absolute atomic E-state index is 11.3. The normalized spacial score (nSPS) is 17.1. The van der Waals surface area contributed by atoms with Crippen molar-refractivity contribution >= 4 is 6.29 Å². The van der Waals surface area contributed by atoms with Crippen LogP contribution in [-0.4, -0.2) is 30.4 Å². The summed E-state index contributed by atoms with van der Waals surface area (Å²) in [5.74, 6) is 1.00. The van der Waals surface area contributed by atoms with Gasteiger partial charge in [0.15, 0.2) is 5.79 Å². The van der Waals surface area contributed by atoms with Gasteiger partial charge in [0, 0.05) is 12.8 Å². The number of aryl methyl sites for hydroxylation is 2. The quantitative estimate of drug-likeness (QED) is 0.147. The zero-order valence-corrected chi connectivity index (χ0v) is 24.5. The fourth-order valence-electron chi connectivity index (χ4n) is 6.43. The molecule has 0 amide bonds. The van der Waals surface area contributed by atoms with Crippen molar-refractivity contribution in [2.24, 2.45) is 5.41 Å². The van der Waals surface area contributed by atoms with Gasteiger partial charge in [-0.25, -0.2) is 0 Å². The Morgan fingerprint density at radius 3 is 2.40 bits per heavy atom. The molecule has 0 aliphatic heterocycles. The number of benzene rings is 3. The summed E-state index contributed by atoms with van der Waals surface area (Å²) < 4.78 is 17.7. The van der Waals surface area contributed by atoms with E-state index in [-0.39, 0.29) is 0 Å². The maximum atomic E-state index is 11.3. The van der Waals surface area contributed by atoms with Gasteiger partial charge in [0.1, 0.15) is 24.4 Å². The molecule has 40 heavy (non-hydrogen) atoms. The maximum Gasteiger partial charge on any atom is 0.159 e. The molecule has 5 nitrogen and oxygen atoms in total. The molecule has 1 saturated carbocycles. The highest BCUT2D eigenvalue weighted by Crippen LogP contribution is 2.64. The Morgan fingerprint density at radius 2 is 1.73 bits per heavy atom. The minimum Gasteiger partial charge on any atom is -0.493 e. The van der Waals surface area contributed by atoms with Crippen LogP contribution in [0.4, 0.5) is 0 Å². The van der Waals surface area contributed by atoms with Gasteiger partial charge in [-0.15, -0.1) is 0 Å². The Bertz CT molecular complexity index is 1360. The fraction of sp³-hybridized carbons (Fsp3) is 0.457.